The summed E-state index contributed by atoms with van der Waals surface area (Å²) < 4.78 is 16.8. The van der Waals surface area contributed by atoms with Gasteiger partial charge in [0.2, 0.25) is 0 Å². The molecule has 0 aromatic rings. The summed E-state index contributed by atoms with van der Waals surface area (Å²) >= 11 is 0. The molecule has 0 spiro atoms. The number of hydrogen-bond acceptors (Lipinski definition) is 6. The van der Waals surface area contributed by atoms with Gasteiger partial charge in [0.1, 0.15) is 13.2 Å². The third kappa shape index (κ3) is 47.3. The maximum absolute atomic E-state index is 12.8. The molecule has 0 unspecified atom stereocenters. The van der Waals surface area contributed by atoms with Gasteiger partial charge in [0, 0.05) is 19.3 Å². The molecule has 0 bridgehead atoms. The zero-order valence-electron chi connectivity index (χ0n) is 40.2. The van der Waals surface area contributed by atoms with Gasteiger partial charge in [0.05, 0.1) is 0 Å². The van der Waals surface area contributed by atoms with Crippen molar-refractivity contribution in [2.75, 3.05) is 13.2 Å². The fraction of sp³-hybridized carbons (Fsp3) is 0.943. The molecule has 59 heavy (non-hydrogen) atoms. The van der Waals surface area contributed by atoms with Gasteiger partial charge < -0.3 is 14.2 Å². The van der Waals surface area contributed by atoms with Gasteiger partial charge in [0.15, 0.2) is 6.10 Å². The summed E-state index contributed by atoms with van der Waals surface area (Å²) in [6, 6.07) is 0. The first kappa shape index (κ1) is 57.4. The number of esters is 3. The van der Waals surface area contributed by atoms with Crippen LogP contribution < -0.4 is 0 Å². The minimum Gasteiger partial charge on any atom is -0.462 e. The van der Waals surface area contributed by atoms with Crippen LogP contribution in [0.1, 0.15) is 297 Å². The highest BCUT2D eigenvalue weighted by molar-refractivity contribution is 5.71. The molecule has 0 heterocycles. The van der Waals surface area contributed by atoms with Crippen LogP contribution in [0, 0.1) is 5.92 Å². The minimum atomic E-state index is -0.760. The molecule has 0 aliphatic heterocycles. The second-order valence-electron chi connectivity index (χ2n) is 18.6. The molecule has 0 fully saturated rings. The third-order valence-corrected chi connectivity index (χ3v) is 12.0. The van der Waals surface area contributed by atoms with Gasteiger partial charge >= 0.3 is 17.9 Å². The van der Waals surface area contributed by atoms with E-state index < -0.39 is 6.10 Å². The molecule has 0 aliphatic carbocycles. The Morgan fingerprint density at radius 3 is 0.831 bits per heavy atom. The molecule has 0 aliphatic rings. The largest absolute Gasteiger partial charge is 0.462 e. The maximum Gasteiger partial charge on any atom is 0.306 e. The lowest BCUT2D eigenvalue weighted by Gasteiger charge is -2.18. The molecule has 0 N–H and O–H groups in total. The van der Waals surface area contributed by atoms with E-state index in [1.54, 1.807) is 0 Å². The Morgan fingerprint density at radius 2 is 0.559 bits per heavy atom. The van der Waals surface area contributed by atoms with Crippen molar-refractivity contribution in [2.45, 2.75) is 303 Å². The first-order chi connectivity index (χ1) is 28.9. The fourth-order valence-corrected chi connectivity index (χ4v) is 8.04. The van der Waals surface area contributed by atoms with Gasteiger partial charge in [-0.25, -0.2) is 0 Å². The molecule has 0 radical (unpaired) electrons. The average molecular weight is 835 g/mol. The summed E-state index contributed by atoms with van der Waals surface area (Å²) in [5, 5.41) is 0. The van der Waals surface area contributed by atoms with Crippen molar-refractivity contribution in [3.8, 4) is 0 Å². The van der Waals surface area contributed by atoms with E-state index >= 15 is 0 Å². The van der Waals surface area contributed by atoms with Gasteiger partial charge in [-0.2, -0.15) is 0 Å². The van der Waals surface area contributed by atoms with E-state index in [9.17, 15) is 14.4 Å². The molecule has 6 nitrogen and oxygen atoms in total. The number of hydrogen-bond donors (Lipinski definition) is 0. The Morgan fingerprint density at radius 1 is 0.322 bits per heavy atom. The van der Waals surface area contributed by atoms with Crippen LogP contribution in [0.4, 0.5) is 0 Å². The predicted molar refractivity (Wildman–Crippen MR) is 252 cm³/mol. The van der Waals surface area contributed by atoms with Crippen molar-refractivity contribution < 1.29 is 28.6 Å². The van der Waals surface area contributed by atoms with Gasteiger partial charge in [-0.1, -0.05) is 259 Å². The van der Waals surface area contributed by atoms with E-state index in [2.05, 4.69) is 27.7 Å². The zero-order chi connectivity index (χ0) is 43.1. The molecular weight excluding hydrogens is 733 g/mol. The molecule has 0 amide bonds. The van der Waals surface area contributed by atoms with Gasteiger partial charge in [-0.3, -0.25) is 14.4 Å². The normalized spacial score (nSPS) is 11.9. The molecule has 1 atom stereocenters. The maximum atomic E-state index is 12.8. The van der Waals surface area contributed by atoms with E-state index in [1.807, 2.05) is 0 Å². The highest BCUT2D eigenvalue weighted by atomic mass is 16.6. The average Bonchev–Trinajstić information content (AvgIpc) is 3.22. The summed E-state index contributed by atoms with van der Waals surface area (Å²) in [5.74, 6) is -0.00300. The van der Waals surface area contributed by atoms with E-state index in [-0.39, 0.29) is 31.1 Å². The summed E-state index contributed by atoms with van der Waals surface area (Å²) in [4.78, 5) is 37.9. The number of rotatable bonds is 48. The number of unbranched alkanes of at least 4 members (excludes halogenated alkanes) is 35. The Bertz CT molecular complexity index is 887. The van der Waals surface area contributed by atoms with Crippen molar-refractivity contribution in [2.24, 2.45) is 5.92 Å². The van der Waals surface area contributed by atoms with Gasteiger partial charge in [-0.15, -0.1) is 0 Å². The van der Waals surface area contributed by atoms with Crippen molar-refractivity contribution in [3.63, 3.8) is 0 Å². The van der Waals surface area contributed by atoms with Crippen LogP contribution in [0.5, 0.6) is 0 Å². The lowest BCUT2D eigenvalue weighted by Crippen LogP contribution is -2.30. The lowest BCUT2D eigenvalue weighted by molar-refractivity contribution is -0.167. The standard InChI is InChI=1S/C53H102O6/c1-5-7-9-11-13-15-17-18-21-26-30-34-38-42-46-53(56)59-50(47-57-51(54)44-40-36-32-28-23-16-14-12-10-8-6-2)48-58-52(55)45-41-37-33-29-25-22-19-20-24-27-31-35-39-43-49(3)4/h49-50H,5-48H2,1-4H3/t50-/m1/s1. The molecular formula is C53H102O6. The van der Waals surface area contributed by atoms with Crippen molar-refractivity contribution in [1.29, 1.82) is 0 Å². The minimum absolute atomic E-state index is 0.0625. The van der Waals surface area contributed by atoms with Crippen molar-refractivity contribution in [3.05, 3.63) is 0 Å². The quantitative estimate of drug-likeness (QED) is 0.0345. The summed E-state index contributed by atoms with van der Waals surface area (Å²) in [6.07, 6.45) is 49.4. The van der Waals surface area contributed by atoms with Gasteiger partial charge in [0.25, 0.3) is 0 Å². The zero-order valence-corrected chi connectivity index (χ0v) is 40.2. The smallest absolute Gasteiger partial charge is 0.306 e. The van der Waals surface area contributed by atoms with Crippen LogP contribution >= 0.6 is 0 Å². The fourth-order valence-electron chi connectivity index (χ4n) is 8.04. The van der Waals surface area contributed by atoms with E-state index in [0.717, 1.165) is 63.7 Å². The lowest BCUT2D eigenvalue weighted by atomic mass is 10.0. The second-order valence-corrected chi connectivity index (χ2v) is 18.6. The Hall–Kier alpha value is -1.59. The molecule has 0 saturated heterocycles. The Balaban J connectivity index is 4.29. The van der Waals surface area contributed by atoms with Gasteiger partial charge in [-0.05, 0) is 25.2 Å². The van der Waals surface area contributed by atoms with E-state index in [4.69, 9.17) is 14.2 Å². The van der Waals surface area contributed by atoms with Crippen LogP contribution in [0.3, 0.4) is 0 Å². The first-order valence-electron chi connectivity index (χ1n) is 26.4. The summed E-state index contributed by atoms with van der Waals surface area (Å²) in [5.41, 5.74) is 0. The van der Waals surface area contributed by atoms with E-state index in [1.165, 1.54) is 193 Å². The van der Waals surface area contributed by atoms with Crippen molar-refractivity contribution >= 4 is 17.9 Å². The highest BCUT2D eigenvalue weighted by Gasteiger charge is 2.19. The Labute approximate surface area is 368 Å². The van der Waals surface area contributed by atoms with Crippen LogP contribution in [0.25, 0.3) is 0 Å². The second kappa shape index (κ2) is 47.5. The number of carbonyl (C=O) groups excluding carboxylic acids is 3. The van der Waals surface area contributed by atoms with Crippen LogP contribution in [0.15, 0.2) is 0 Å². The van der Waals surface area contributed by atoms with E-state index in [0.29, 0.717) is 19.3 Å². The summed E-state index contributed by atoms with van der Waals surface area (Å²) in [6.45, 7) is 9.03. The summed E-state index contributed by atoms with van der Waals surface area (Å²) in [7, 11) is 0. The molecule has 0 rings (SSSR count). The van der Waals surface area contributed by atoms with Crippen LogP contribution in [-0.4, -0.2) is 37.2 Å². The first-order valence-corrected chi connectivity index (χ1v) is 26.4. The van der Waals surface area contributed by atoms with Crippen LogP contribution in [-0.2, 0) is 28.6 Å². The third-order valence-electron chi connectivity index (χ3n) is 12.0. The topological polar surface area (TPSA) is 78.9 Å². The monoisotopic (exact) mass is 835 g/mol. The molecule has 0 aromatic carbocycles. The molecule has 6 heteroatoms. The molecule has 0 aromatic heterocycles. The SMILES string of the molecule is CCCCCCCCCCCCCCCCC(=O)O[C@H](COC(=O)CCCCCCCCCCCCC)COC(=O)CCCCCCCCCCCCCCCC(C)C. The van der Waals surface area contributed by atoms with Crippen molar-refractivity contribution in [1.82, 2.24) is 0 Å². The molecule has 0 saturated carbocycles. The number of ether oxygens (including phenoxy) is 3. The number of carbonyl (C=O) groups is 3. The highest BCUT2D eigenvalue weighted by Crippen LogP contribution is 2.17. The predicted octanol–water partition coefficient (Wildman–Crippen LogP) is 17.1. The van der Waals surface area contributed by atoms with Crippen LogP contribution in [0.2, 0.25) is 0 Å². The Kier molecular flexibility index (Phi) is 46.2. The molecule has 350 valence electrons.